The molecule has 0 aliphatic carbocycles. The third kappa shape index (κ3) is 5.55. The molecule has 2 aromatic rings. The number of hydrogen-bond acceptors (Lipinski definition) is 3. The molecular weight excluding hydrogens is 309 g/mol. The van der Waals surface area contributed by atoms with Gasteiger partial charge in [-0.05, 0) is 56.1 Å². The second kappa shape index (κ2) is 8.31. The second-order valence-electron chi connectivity index (χ2n) is 5.83. The summed E-state index contributed by atoms with van der Waals surface area (Å²) in [5.74, 6) is -0.184. The van der Waals surface area contributed by atoms with Gasteiger partial charge >= 0.3 is 6.03 Å². The topological polar surface area (TPSA) is 55.8 Å². The Hall–Kier alpha value is -2.60. The highest BCUT2D eigenvalue weighted by molar-refractivity contribution is 5.89. The van der Waals surface area contributed by atoms with Crippen molar-refractivity contribution in [1.82, 2.24) is 9.80 Å². The molecule has 0 saturated heterocycles. The number of halogens is 1. The molecule has 6 heteroatoms. The van der Waals surface area contributed by atoms with Crippen molar-refractivity contribution in [3.63, 3.8) is 0 Å². The third-order valence-electron chi connectivity index (χ3n) is 3.48. The standard InChI is InChI=1S/C18H22FN3O2/c1-21(2)10-11-22(13-14-4-3-5-17(23)12-14)18(24)20-16-8-6-15(19)7-9-16/h3-9,12,23H,10-11,13H2,1-2H3,(H,20,24). The maximum absolute atomic E-state index is 13.0. The average Bonchev–Trinajstić information content (AvgIpc) is 2.53. The lowest BCUT2D eigenvalue weighted by molar-refractivity contribution is 0.202. The predicted molar refractivity (Wildman–Crippen MR) is 92.5 cm³/mol. The summed E-state index contributed by atoms with van der Waals surface area (Å²) in [7, 11) is 3.87. The fourth-order valence-electron chi connectivity index (χ4n) is 2.18. The average molecular weight is 331 g/mol. The van der Waals surface area contributed by atoms with Crippen LogP contribution in [0.25, 0.3) is 0 Å². The van der Waals surface area contributed by atoms with Gasteiger partial charge in [0.05, 0.1) is 0 Å². The maximum atomic E-state index is 13.0. The van der Waals surface area contributed by atoms with Gasteiger partial charge in [-0.15, -0.1) is 0 Å². The molecule has 2 aromatic carbocycles. The summed E-state index contributed by atoms with van der Waals surface area (Å²) < 4.78 is 13.0. The lowest BCUT2D eigenvalue weighted by atomic mass is 10.2. The van der Waals surface area contributed by atoms with Gasteiger partial charge in [-0.2, -0.15) is 0 Å². The first kappa shape index (κ1) is 17.7. The second-order valence-corrected chi connectivity index (χ2v) is 5.83. The molecule has 0 aromatic heterocycles. The highest BCUT2D eigenvalue weighted by atomic mass is 19.1. The molecule has 5 nitrogen and oxygen atoms in total. The van der Waals surface area contributed by atoms with Crippen molar-refractivity contribution in [2.45, 2.75) is 6.54 Å². The Kier molecular flexibility index (Phi) is 6.14. The number of nitrogens with one attached hydrogen (secondary N) is 1. The highest BCUT2D eigenvalue weighted by Gasteiger charge is 2.15. The summed E-state index contributed by atoms with van der Waals surface area (Å²) in [4.78, 5) is 16.2. The van der Waals surface area contributed by atoms with E-state index in [0.29, 0.717) is 25.3 Å². The first-order valence-electron chi connectivity index (χ1n) is 7.68. The predicted octanol–water partition coefficient (Wildman–Crippen LogP) is 3.13. The Bertz CT molecular complexity index is 674. The van der Waals surface area contributed by atoms with Crippen LogP contribution in [0.1, 0.15) is 5.56 Å². The van der Waals surface area contributed by atoms with E-state index in [2.05, 4.69) is 5.32 Å². The van der Waals surface area contributed by atoms with Crippen molar-refractivity contribution in [3.8, 4) is 5.75 Å². The van der Waals surface area contributed by atoms with Gasteiger partial charge in [0.2, 0.25) is 0 Å². The van der Waals surface area contributed by atoms with E-state index >= 15 is 0 Å². The zero-order valence-corrected chi connectivity index (χ0v) is 13.9. The van der Waals surface area contributed by atoms with Crippen LogP contribution in [0.4, 0.5) is 14.9 Å². The van der Waals surface area contributed by atoms with E-state index < -0.39 is 0 Å². The molecule has 2 N–H and O–H groups in total. The van der Waals surface area contributed by atoms with Gasteiger partial charge in [-0.3, -0.25) is 0 Å². The van der Waals surface area contributed by atoms with Crippen LogP contribution in [-0.4, -0.2) is 48.1 Å². The molecule has 128 valence electrons. The molecule has 0 aliphatic heterocycles. The van der Waals surface area contributed by atoms with Crippen LogP contribution < -0.4 is 5.32 Å². The maximum Gasteiger partial charge on any atom is 0.322 e. The fourth-order valence-corrected chi connectivity index (χ4v) is 2.18. The van der Waals surface area contributed by atoms with E-state index in [4.69, 9.17) is 0 Å². The summed E-state index contributed by atoms with van der Waals surface area (Å²) in [5, 5.41) is 12.3. The first-order valence-corrected chi connectivity index (χ1v) is 7.68. The smallest absolute Gasteiger partial charge is 0.322 e. The molecule has 2 rings (SSSR count). The van der Waals surface area contributed by atoms with Gasteiger partial charge in [0.15, 0.2) is 0 Å². The van der Waals surface area contributed by atoms with Crippen LogP contribution in [0.15, 0.2) is 48.5 Å². The lowest BCUT2D eigenvalue weighted by Crippen LogP contribution is -2.39. The van der Waals surface area contributed by atoms with E-state index in [0.717, 1.165) is 5.56 Å². The van der Waals surface area contributed by atoms with E-state index in [-0.39, 0.29) is 17.6 Å². The minimum Gasteiger partial charge on any atom is -0.508 e. The first-order chi connectivity index (χ1) is 11.4. The van der Waals surface area contributed by atoms with Crippen molar-refractivity contribution in [3.05, 3.63) is 59.9 Å². The number of phenols is 1. The van der Waals surface area contributed by atoms with Crippen LogP contribution in [-0.2, 0) is 6.54 Å². The van der Waals surface area contributed by atoms with Crippen LogP contribution in [0.2, 0.25) is 0 Å². The van der Waals surface area contributed by atoms with Crippen LogP contribution in [0, 0.1) is 5.82 Å². The van der Waals surface area contributed by atoms with Crippen molar-refractivity contribution in [1.29, 1.82) is 0 Å². The molecule has 0 fully saturated rings. The zero-order valence-electron chi connectivity index (χ0n) is 13.9. The minimum atomic E-state index is -0.350. The third-order valence-corrected chi connectivity index (χ3v) is 3.48. The monoisotopic (exact) mass is 331 g/mol. The Balaban J connectivity index is 2.08. The SMILES string of the molecule is CN(C)CCN(Cc1cccc(O)c1)C(=O)Nc1ccc(F)cc1. The van der Waals surface area contributed by atoms with E-state index in [9.17, 15) is 14.3 Å². The van der Waals surface area contributed by atoms with Crippen LogP contribution >= 0.6 is 0 Å². The summed E-state index contributed by atoms with van der Waals surface area (Å²) >= 11 is 0. The zero-order chi connectivity index (χ0) is 17.5. The molecule has 0 heterocycles. The van der Waals surface area contributed by atoms with Crippen LogP contribution in [0.5, 0.6) is 5.75 Å². The van der Waals surface area contributed by atoms with Crippen molar-refractivity contribution >= 4 is 11.7 Å². The van der Waals surface area contributed by atoms with Gasteiger partial charge in [0.25, 0.3) is 0 Å². The van der Waals surface area contributed by atoms with Crippen molar-refractivity contribution in [2.24, 2.45) is 0 Å². The summed E-state index contributed by atoms with van der Waals surface area (Å²) in [6, 6.07) is 12.2. The number of anilines is 1. The summed E-state index contributed by atoms with van der Waals surface area (Å²) in [6.07, 6.45) is 0. The number of hydrogen-bond donors (Lipinski definition) is 2. The Morgan fingerprint density at radius 1 is 1.12 bits per heavy atom. The number of benzene rings is 2. The molecule has 2 amide bonds. The number of urea groups is 1. The van der Waals surface area contributed by atoms with E-state index in [1.54, 1.807) is 23.1 Å². The van der Waals surface area contributed by atoms with Gasteiger partial charge in [0.1, 0.15) is 11.6 Å². The molecular formula is C18H22FN3O2. The van der Waals surface area contributed by atoms with Gasteiger partial charge in [-0.1, -0.05) is 12.1 Å². The lowest BCUT2D eigenvalue weighted by Gasteiger charge is -2.25. The molecule has 0 atom stereocenters. The quantitative estimate of drug-likeness (QED) is 0.855. The molecule has 0 bridgehead atoms. The van der Waals surface area contributed by atoms with Crippen molar-refractivity contribution < 1.29 is 14.3 Å². The Labute approximate surface area is 141 Å². The molecule has 0 spiro atoms. The molecule has 0 unspecified atom stereocenters. The van der Waals surface area contributed by atoms with Gasteiger partial charge < -0.3 is 20.2 Å². The number of carbonyl (C=O) groups excluding carboxylic acids is 1. The van der Waals surface area contributed by atoms with Crippen LogP contribution in [0.3, 0.4) is 0 Å². The minimum absolute atomic E-state index is 0.166. The fraction of sp³-hybridized carbons (Fsp3) is 0.278. The summed E-state index contributed by atoms with van der Waals surface area (Å²) in [5.41, 5.74) is 1.37. The van der Waals surface area contributed by atoms with Gasteiger partial charge in [0, 0.05) is 25.3 Å². The molecule has 0 saturated carbocycles. The number of nitrogens with zero attached hydrogens (tertiary/aromatic N) is 2. The number of phenolic OH excluding ortho intramolecular Hbond substituents is 1. The number of aromatic hydroxyl groups is 1. The Morgan fingerprint density at radius 3 is 2.46 bits per heavy atom. The van der Waals surface area contributed by atoms with Gasteiger partial charge in [-0.25, -0.2) is 9.18 Å². The van der Waals surface area contributed by atoms with Crippen molar-refractivity contribution in [2.75, 3.05) is 32.5 Å². The summed E-state index contributed by atoms with van der Waals surface area (Å²) in [6.45, 7) is 1.60. The number of amides is 2. The number of likely N-dealkylation sites (N-methyl/N-ethyl adjacent to an activating group) is 1. The molecule has 0 radical (unpaired) electrons. The molecule has 0 aliphatic rings. The Morgan fingerprint density at radius 2 is 1.83 bits per heavy atom. The molecule has 24 heavy (non-hydrogen) atoms. The van der Waals surface area contributed by atoms with E-state index in [1.165, 1.54) is 24.3 Å². The highest BCUT2D eigenvalue weighted by Crippen LogP contribution is 2.15. The normalized spacial score (nSPS) is 10.7. The number of carbonyl (C=O) groups is 1. The number of rotatable bonds is 6. The van der Waals surface area contributed by atoms with E-state index in [1.807, 2.05) is 25.1 Å². The largest absolute Gasteiger partial charge is 0.508 e.